The number of nitrogens with one attached hydrogen (secondary N) is 1. The van der Waals surface area contributed by atoms with Crippen LogP contribution in [0.25, 0.3) is 21.5 Å². The van der Waals surface area contributed by atoms with Crippen LogP contribution in [-0.4, -0.2) is 21.9 Å². The van der Waals surface area contributed by atoms with Crippen LogP contribution in [0.4, 0.5) is 0 Å². The van der Waals surface area contributed by atoms with Gasteiger partial charge in [-0.3, -0.25) is 4.79 Å². The highest BCUT2D eigenvalue weighted by molar-refractivity contribution is 7.17. The number of nitrogens with zero attached hydrogens (tertiary/aromatic N) is 2. The molecule has 0 spiro atoms. The number of aromatic nitrogens is 2. The zero-order valence-corrected chi connectivity index (χ0v) is 18.3. The first-order chi connectivity index (χ1) is 14.8. The first-order valence-electron chi connectivity index (χ1n) is 10.4. The van der Waals surface area contributed by atoms with Crippen LogP contribution in [0, 0.1) is 0 Å². The molecule has 1 aromatic carbocycles. The average molecular weight is 434 g/mol. The summed E-state index contributed by atoms with van der Waals surface area (Å²) in [6.45, 7) is 0. The molecular weight excluding hydrogens is 410 g/mol. The van der Waals surface area contributed by atoms with Crippen LogP contribution in [0.15, 0.2) is 52.7 Å². The second-order valence-electron chi connectivity index (χ2n) is 7.86. The van der Waals surface area contributed by atoms with Gasteiger partial charge in [-0.2, -0.15) is 0 Å². The van der Waals surface area contributed by atoms with E-state index in [4.69, 9.17) is 0 Å². The van der Waals surface area contributed by atoms with E-state index in [1.807, 2.05) is 17.6 Å². The van der Waals surface area contributed by atoms with Crippen LogP contribution < -0.4 is 5.32 Å². The number of carbonyl (C=O) groups excluding carboxylic acids is 1. The van der Waals surface area contributed by atoms with Gasteiger partial charge in [0, 0.05) is 17.0 Å². The van der Waals surface area contributed by atoms with Crippen LogP contribution in [0.5, 0.6) is 0 Å². The molecule has 0 saturated heterocycles. The lowest BCUT2D eigenvalue weighted by atomic mass is 9.95. The summed E-state index contributed by atoms with van der Waals surface area (Å²) >= 11 is 3.29. The van der Waals surface area contributed by atoms with Crippen molar-refractivity contribution in [3.63, 3.8) is 0 Å². The molecule has 1 aliphatic rings. The van der Waals surface area contributed by atoms with Crippen LogP contribution >= 0.6 is 22.7 Å². The summed E-state index contributed by atoms with van der Waals surface area (Å²) in [5.74, 6) is -0.0462. The summed E-state index contributed by atoms with van der Waals surface area (Å²) < 4.78 is 1.16. The highest BCUT2D eigenvalue weighted by Crippen LogP contribution is 2.28. The molecule has 3 heterocycles. The van der Waals surface area contributed by atoms with Gasteiger partial charge in [-0.25, -0.2) is 9.97 Å². The molecule has 1 N–H and O–H groups in total. The Kier molecular flexibility index (Phi) is 5.60. The maximum Gasteiger partial charge on any atom is 0.270 e. The zero-order valence-electron chi connectivity index (χ0n) is 16.6. The van der Waals surface area contributed by atoms with Crippen molar-refractivity contribution in [1.82, 2.24) is 15.3 Å². The van der Waals surface area contributed by atoms with Crippen LogP contribution in [0.3, 0.4) is 0 Å². The molecule has 0 radical (unpaired) electrons. The third-order valence-corrected chi connectivity index (χ3v) is 7.30. The number of rotatable bonds is 5. The Balaban J connectivity index is 1.39. The smallest absolute Gasteiger partial charge is 0.270 e. The zero-order chi connectivity index (χ0) is 20.3. The molecule has 0 bridgehead atoms. The van der Waals surface area contributed by atoms with Crippen molar-refractivity contribution in [2.45, 2.75) is 44.6 Å². The van der Waals surface area contributed by atoms with Crippen molar-refractivity contribution >= 4 is 38.8 Å². The lowest BCUT2D eigenvalue weighted by Crippen LogP contribution is -2.36. The van der Waals surface area contributed by atoms with E-state index >= 15 is 0 Å². The number of thiophene rings is 1. The first kappa shape index (κ1) is 19.4. The molecule has 5 rings (SSSR count). The van der Waals surface area contributed by atoms with Crippen molar-refractivity contribution in [2.24, 2.45) is 0 Å². The van der Waals surface area contributed by atoms with Gasteiger partial charge in [0.25, 0.3) is 5.91 Å². The fraction of sp³-hybridized carbons (Fsp3) is 0.292. The summed E-state index contributed by atoms with van der Waals surface area (Å²) in [5, 5.41) is 7.31. The predicted octanol–water partition coefficient (Wildman–Crippen LogP) is 6.07. The minimum absolute atomic E-state index is 0.0462. The number of pyridine rings is 1. The summed E-state index contributed by atoms with van der Waals surface area (Å²) in [6, 6.07) is 12.8. The largest absolute Gasteiger partial charge is 0.348 e. The SMILES string of the molecule is O=C(NC1CCCCC1)c1cc(Cc2ccc(-c3cscn3)cc2)c2sccc2n1. The summed E-state index contributed by atoms with van der Waals surface area (Å²) in [5.41, 5.74) is 7.80. The van der Waals surface area contributed by atoms with Gasteiger partial charge in [-0.05, 0) is 47.9 Å². The van der Waals surface area contributed by atoms with Gasteiger partial charge in [-0.15, -0.1) is 22.7 Å². The quantitative estimate of drug-likeness (QED) is 0.415. The van der Waals surface area contributed by atoms with Crippen molar-refractivity contribution in [3.8, 4) is 11.3 Å². The summed E-state index contributed by atoms with van der Waals surface area (Å²) in [4.78, 5) is 21.9. The molecule has 4 nitrogen and oxygen atoms in total. The Morgan fingerprint density at radius 2 is 1.93 bits per heavy atom. The molecule has 30 heavy (non-hydrogen) atoms. The Labute approximate surface area is 184 Å². The molecule has 1 aliphatic carbocycles. The van der Waals surface area contributed by atoms with Gasteiger partial charge in [0.2, 0.25) is 0 Å². The van der Waals surface area contributed by atoms with Crippen molar-refractivity contribution in [2.75, 3.05) is 0 Å². The standard InChI is InChI=1S/C24H23N3OS2/c28-24(26-19-4-2-1-3-5-19)21-13-18(23-20(27-21)10-11-30-23)12-16-6-8-17(9-7-16)22-14-29-15-25-22/h6-11,13-15,19H,1-5,12H2,(H,26,28). The molecule has 0 aliphatic heterocycles. The molecule has 3 aromatic heterocycles. The molecule has 1 amide bonds. The minimum Gasteiger partial charge on any atom is -0.348 e. The van der Waals surface area contributed by atoms with Crippen LogP contribution in [-0.2, 0) is 6.42 Å². The topological polar surface area (TPSA) is 54.9 Å². The molecular formula is C24H23N3OS2. The first-order valence-corrected chi connectivity index (χ1v) is 12.2. The third-order valence-electron chi connectivity index (χ3n) is 5.74. The van der Waals surface area contributed by atoms with Gasteiger partial charge in [0.1, 0.15) is 5.69 Å². The predicted molar refractivity (Wildman–Crippen MR) is 124 cm³/mol. The summed E-state index contributed by atoms with van der Waals surface area (Å²) in [6.07, 6.45) is 6.60. The van der Waals surface area contributed by atoms with Gasteiger partial charge in [0.05, 0.1) is 21.4 Å². The summed E-state index contributed by atoms with van der Waals surface area (Å²) in [7, 11) is 0. The Morgan fingerprint density at radius 1 is 1.10 bits per heavy atom. The fourth-order valence-electron chi connectivity index (χ4n) is 4.15. The van der Waals surface area contributed by atoms with E-state index in [9.17, 15) is 4.79 Å². The number of amides is 1. The van der Waals surface area contributed by atoms with E-state index in [1.54, 1.807) is 22.7 Å². The molecule has 0 unspecified atom stereocenters. The lowest BCUT2D eigenvalue weighted by Gasteiger charge is -2.22. The number of thiazole rings is 1. The lowest BCUT2D eigenvalue weighted by molar-refractivity contribution is 0.0923. The minimum atomic E-state index is -0.0462. The number of benzene rings is 1. The number of hydrogen-bond donors (Lipinski definition) is 1. The highest BCUT2D eigenvalue weighted by Gasteiger charge is 2.19. The molecule has 1 saturated carbocycles. The van der Waals surface area contributed by atoms with Gasteiger partial charge in [-0.1, -0.05) is 43.5 Å². The van der Waals surface area contributed by atoms with E-state index in [-0.39, 0.29) is 11.9 Å². The van der Waals surface area contributed by atoms with E-state index in [1.165, 1.54) is 24.8 Å². The number of hydrogen-bond acceptors (Lipinski definition) is 5. The van der Waals surface area contributed by atoms with E-state index < -0.39 is 0 Å². The van der Waals surface area contributed by atoms with Crippen LogP contribution in [0.2, 0.25) is 0 Å². The molecule has 6 heteroatoms. The fourth-order valence-corrected chi connectivity index (χ4v) is 5.56. The molecule has 0 atom stereocenters. The molecule has 152 valence electrons. The van der Waals surface area contributed by atoms with Crippen molar-refractivity contribution < 1.29 is 4.79 Å². The number of carbonyl (C=O) groups is 1. The molecule has 4 aromatic rings. The monoisotopic (exact) mass is 433 g/mol. The van der Waals surface area contributed by atoms with Crippen molar-refractivity contribution in [1.29, 1.82) is 0 Å². The highest BCUT2D eigenvalue weighted by atomic mass is 32.1. The van der Waals surface area contributed by atoms with Gasteiger partial charge in [0.15, 0.2) is 0 Å². The second-order valence-corrected chi connectivity index (χ2v) is 9.49. The van der Waals surface area contributed by atoms with E-state index in [2.05, 4.69) is 50.3 Å². The average Bonchev–Trinajstić information content (AvgIpc) is 3.47. The molecule has 1 fully saturated rings. The number of fused-ring (bicyclic) bond motifs is 1. The Morgan fingerprint density at radius 3 is 2.70 bits per heavy atom. The third kappa shape index (κ3) is 4.16. The van der Waals surface area contributed by atoms with E-state index in [0.29, 0.717) is 5.69 Å². The van der Waals surface area contributed by atoms with E-state index in [0.717, 1.165) is 46.3 Å². The van der Waals surface area contributed by atoms with Gasteiger partial charge < -0.3 is 5.32 Å². The Hall–Kier alpha value is -2.57. The second kappa shape index (κ2) is 8.66. The van der Waals surface area contributed by atoms with Crippen molar-refractivity contribution in [3.05, 3.63) is 69.5 Å². The maximum absolute atomic E-state index is 12.9. The maximum atomic E-state index is 12.9. The normalized spacial score (nSPS) is 14.8. The van der Waals surface area contributed by atoms with Gasteiger partial charge >= 0.3 is 0 Å². The Bertz CT molecular complexity index is 1140. The van der Waals surface area contributed by atoms with Crippen LogP contribution in [0.1, 0.15) is 53.7 Å².